The number of nitrogens with one attached hydrogen (secondary N) is 2. The summed E-state index contributed by atoms with van der Waals surface area (Å²) in [6.07, 6.45) is 2.61. The van der Waals surface area contributed by atoms with Crippen molar-refractivity contribution in [3.63, 3.8) is 0 Å². The van der Waals surface area contributed by atoms with Gasteiger partial charge in [0.2, 0.25) is 0 Å². The molecular formula is C22H19Cl2F2N3O3S. The standard InChI is InChI=1S/C22H19Cl2F2N3O3S/c23-14-1-3-19(16(9-14)13-5-7-27-8-6-13)32-20-11-18(26)21(10-17(20)24)33(30,31)29-22-4-2-15(25)12-28-22/h1-4,9-13,27H,5-8H2,(H,28,29). The number of nitrogens with zero attached hydrogens (tertiary/aromatic N) is 1. The maximum absolute atomic E-state index is 14.8. The zero-order valence-electron chi connectivity index (χ0n) is 17.1. The third-order valence-electron chi connectivity index (χ3n) is 5.21. The molecule has 0 bridgehead atoms. The lowest BCUT2D eigenvalue weighted by atomic mass is 9.89. The van der Waals surface area contributed by atoms with Gasteiger partial charge < -0.3 is 10.1 Å². The summed E-state index contributed by atoms with van der Waals surface area (Å²) in [5.74, 6) is -1.24. The Labute approximate surface area is 199 Å². The van der Waals surface area contributed by atoms with Crippen LogP contribution in [0.1, 0.15) is 24.3 Å². The van der Waals surface area contributed by atoms with Crippen molar-refractivity contribution in [2.75, 3.05) is 17.8 Å². The summed E-state index contributed by atoms with van der Waals surface area (Å²) in [7, 11) is -4.37. The molecule has 1 aliphatic rings. The van der Waals surface area contributed by atoms with Crippen molar-refractivity contribution in [3.8, 4) is 11.5 Å². The third-order valence-corrected chi connectivity index (χ3v) is 7.11. The first-order valence-corrected chi connectivity index (χ1v) is 12.3. The van der Waals surface area contributed by atoms with Gasteiger partial charge in [-0.25, -0.2) is 22.2 Å². The van der Waals surface area contributed by atoms with Crippen molar-refractivity contribution >= 4 is 39.0 Å². The van der Waals surface area contributed by atoms with Crippen LogP contribution in [0.25, 0.3) is 0 Å². The molecule has 1 aliphatic heterocycles. The number of hydrogen-bond acceptors (Lipinski definition) is 5. The molecule has 2 heterocycles. The Morgan fingerprint density at radius 3 is 2.48 bits per heavy atom. The molecule has 0 aliphatic carbocycles. The largest absolute Gasteiger partial charge is 0.455 e. The highest BCUT2D eigenvalue weighted by Gasteiger charge is 2.24. The van der Waals surface area contributed by atoms with Gasteiger partial charge in [-0.05, 0) is 73.8 Å². The van der Waals surface area contributed by atoms with Crippen LogP contribution in [-0.4, -0.2) is 26.5 Å². The smallest absolute Gasteiger partial charge is 0.266 e. The Kier molecular flexibility index (Phi) is 7.04. The highest BCUT2D eigenvalue weighted by atomic mass is 35.5. The van der Waals surface area contributed by atoms with Gasteiger partial charge in [-0.3, -0.25) is 4.72 Å². The Bertz CT molecular complexity index is 1270. The highest BCUT2D eigenvalue weighted by molar-refractivity contribution is 7.92. The predicted molar refractivity (Wildman–Crippen MR) is 123 cm³/mol. The minimum atomic E-state index is -4.37. The Morgan fingerprint density at radius 1 is 1.03 bits per heavy atom. The number of sulfonamides is 1. The maximum atomic E-state index is 14.8. The van der Waals surface area contributed by atoms with E-state index in [0.717, 1.165) is 62.0 Å². The molecule has 0 unspecified atom stereocenters. The molecule has 1 aromatic heterocycles. The molecular weight excluding hydrogens is 495 g/mol. The summed E-state index contributed by atoms with van der Waals surface area (Å²) in [5, 5.41) is 3.74. The summed E-state index contributed by atoms with van der Waals surface area (Å²) < 4.78 is 61.1. The van der Waals surface area contributed by atoms with E-state index < -0.39 is 26.6 Å². The van der Waals surface area contributed by atoms with Gasteiger partial charge >= 0.3 is 0 Å². The molecule has 0 atom stereocenters. The van der Waals surface area contributed by atoms with Crippen LogP contribution >= 0.6 is 23.2 Å². The molecule has 1 saturated heterocycles. The molecule has 33 heavy (non-hydrogen) atoms. The number of pyridine rings is 1. The molecule has 2 N–H and O–H groups in total. The maximum Gasteiger partial charge on any atom is 0.266 e. The van der Waals surface area contributed by atoms with Crippen LogP contribution in [0.5, 0.6) is 11.5 Å². The number of aromatic nitrogens is 1. The van der Waals surface area contributed by atoms with Crippen LogP contribution < -0.4 is 14.8 Å². The van der Waals surface area contributed by atoms with Crippen LogP contribution in [0.4, 0.5) is 14.6 Å². The van der Waals surface area contributed by atoms with Gasteiger partial charge in [0, 0.05) is 11.1 Å². The first-order chi connectivity index (χ1) is 15.7. The Morgan fingerprint density at radius 2 is 1.79 bits per heavy atom. The lowest BCUT2D eigenvalue weighted by Gasteiger charge is -2.25. The molecule has 6 nitrogen and oxygen atoms in total. The zero-order valence-corrected chi connectivity index (χ0v) is 19.4. The van der Waals surface area contributed by atoms with Crippen molar-refractivity contribution in [3.05, 3.63) is 75.9 Å². The van der Waals surface area contributed by atoms with E-state index in [0.29, 0.717) is 10.8 Å². The monoisotopic (exact) mass is 513 g/mol. The minimum Gasteiger partial charge on any atom is -0.455 e. The second kappa shape index (κ2) is 9.80. The quantitative estimate of drug-likeness (QED) is 0.440. The molecule has 174 valence electrons. The summed E-state index contributed by atoms with van der Waals surface area (Å²) in [6.45, 7) is 1.71. The molecule has 0 amide bonds. The molecule has 3 aromatic rings. The number of hydrogen-bond donors (Lipinski definition) is 2. The Hall–Kier alpha value is -2.46. The van der Waals surface area contributed by atoms with E-state index in [2.05, 4.69) is 15.0 Å². The van der Waals surface area contributed by atoms with E-state index in [1.807, 2.05) is 6.07 Å². The van der Waals surface area contributed by atoms with Crippen LogP contribution in [0.15, 0.2) is 53.6 Å². The number of piperidine rings is 1. The molecule has 0 radical (unpaired) electrons. The molecule has 11 heteroatoms. The lowest BCUT2D eigenvalue weighted by Crippen LogP contribution is -2.26. The molecule has 0 saturated carbocycles. The summed E-state index contributed by atoms with van der Waals surface area (Å²) >= 11 is 12.5. The predicted octanol–water partition coefficient (Wildman–Crippen LogP) is 5.73. The van der Waals surface area contributed by atoms with E-state index >= 15 is 0 Å². The van der Waals surface area contributed by atoms with Crippen molar-refractivity contribution in [2.24, 2.45) is 0 Å². The normalized spacial score (nSPS) is 14.8. The lowest BCUT2D eigenvalue weighted by molar-refractivity contribution is 0.428. The summed E-state index contributed by atoms with van der Waals surface area (Å²) in [4.78, 5) is 2.92. The fraction of sp³-hybridized carbons (Fsp3) is 0.227. The van der Waals surface area contributed by atoms with E-state index in [4.69, 9.17) is 27.9 Å². The van der Waals surface area contributed by atoms with Gasteiger partial charge in [0.25, 0.3) is 10.0 Å². The average Bonchev–Trinajstić information content (AvgIpc) is 2.79. The first-order valence-electron chi connectivity index (χ1n) is 10.0. The van der Waals surface area contributed by atoms with Gasteiger partial charge in [-0.1, -0.05) is 23.2 Å². The Balaban J connectivity index is 1.62. The second-order valence-electron chi connectivity index (χ2n) is 7.49. The van der Waals surface area contributed by atoms with E-state index in [1.54, 1.807) is 12.1 Å². The second-order valence-corrected chi connectivity index (χ2v) is 9.98. The zero-order chi connectivity index (χ0) is 23.6. The average molecular weight is 514 g/mol. The van der Waals surface area contributed by atoms with Gasteiger partial charge in [0.15, 0.2) is 0 Å². The number of anilines is 1. The minimum absolute atomic E-state index is 0.0365. The van der Waals surface area contributed by atoms with Crippen LogP contribution in [-0.2, 0) is 10.0 Å². The van der Waals surface area contributed by atoms with E-state index in [1.165, 1.54) is 0 Å². The fourth-order valence-corrected chi connectivity index (χ4v) is 5.15. The summed E-state index contributed by atoms with van der Waals surface area (Å²) in [5.41, 5.74) is 0.876. The van der Waals surface area contributed by atoms with Crippen molar-refractivity contribution < 1.29 is 21.9 Å². The number of halogens is 4. The topological polar surface area (TPSA) is 80.3 Å². The molecule has 1 fully saturated rings. The van der Waals surface area contributed by atoms with Crippen LogP contribution in [0, 0.1) is 11.6 Å². The van der Waals surface area contributed by atoms with Gasteiger partial charge in [0.05, 0.1) is 11.2 Å². The van der Waals surface area contributed by atoms with Crippen LogP contribution in [0.2, 0.25) is 10.0 Å². The number of ether oxygens (including phenoxy) is 1. The van der Waals surface area contributed by atoms with Gasteiger partial charge in [-0.2, -0.15) is 0 Å². The van der Waals surface area contributed by atoms with Crippen molar-refractivity contribution in [2.45, 2.75) is 23.7 Å². The van der Waals surface area contributed by atoms with Crippen molar-refractivity contribution in [1.82, 2.24) is 10.3 Å². The van der Waals surface area contributed by atoms with E-state index in [9.17, 15) is 17.2 Å². The number of benzene rings is 2. The molecule has 0 spiro atoms. The highest BCUT2D eigenvalue weighted by Crippen LogP contribution is 2.40. The van der Waals surface area contributed by atoms with Crippen LogP contribution in [0.3, 0.4) is 0 Å². The van der Waals surface area contributed by atoms with Gasteiger partial charge in [0.1, 0.15) is 33.8 Å². The first kappa shape index (κ1) is 23.7. The third kappa shape index (κ3) is 5.55. The van der Waals surface area contributed by atoms with Crippen molar-refractivity contribution in [1.29, 1.82) is 0 Å². The molecule has 4 rings (SSSR count). The SMILES string of the molecule is O=S(=O)(Nc1ccc(F)cn1)c1cc(Cl)c(Oc2ccc(Cl)cc2C2CCNCC2)cc1F. The summed E-state index contributed by atoms with van der Waals surface area (Å²) in [6, 6.07) is 9.16. The van der Waals surface area contributed by atoms with E-state index in [-0.39, 0.29) is 22.5 Å². The molecule has 2 aromatic carbocycles. The fourth-order valence-electron chi connectivity index (χ4n) is 3.61. The van der Waals surface area contributed by atoms with Gasteiger partial charge in [-0.15, -0.1) is 0 Å². The number of rotatable bonds is 6.